The topological polar surface area (TPSA) is 0 Å². The van der Waals surface area contributed by atoms with Crippen molar-refractivity contribution in [1.82, 2.24) is 0 Å². The van der Waals surface area contributed by atoms with Crippen LogP contribution in [-0.2, 0) is 38.5 Å². The minimum atomic E-state index is -2.80. The average molecular weight is 747 g/mol. The van der Waals surface area contributed by atoms with Crippen LogP contribution in [0.3, 0.4) is 0 Å². The molecule has 238 valence electrons. The van der Waals surface area contributed by atoms with Crippen molar-refractivity contribution in [2.24, 2.45) is 0 Å². The van der Waals surface area contributed by atoms with E-state index in [0.29, 0.717) is 0 Å². The molecule has 0 amide bonds. The molecule has 4 aromatic carbocycles. The first kappa shape index (κ1) is 36.8. The van der Waals surface area contributed by atoms with E-state index in [-0.39, 0.29) is 35.6 Å². The van der Waals surface area contributed by atoms with E-state index < -0.39 is 21.3 Å². The van der Waals surface area contributed by atoms with Crippen molar-refractivity contribution in [2.45, 2.75) is 86.0 Å². The smallest absolute Gasteiger partial charge is 1.00 e. The second-order valence-electron chi connectivity index (χ2n) is 14.9. The molecule has 0 aromatic heterocycles. The van der Waals surface area contributed by atoms with Crippen molar-refractivity contribution in [2.75, 3.05) is 0 Å². The van der Waals surface area contributed by atoms with Crippen LogP contribution in [0.15, 0.2) is 88.2 Å². The standard InChI is InChI=1S/C23H29.C14H11Cl.C5H5.2ClH.Zr/c1-14-9-16-11-17-10-15(2)21(23(6,7)8)13-19(17)18(16)12-20(14)22(3,4)5;1-11-2-4-12(5-3-11)10-13-6-8-14(15)9-7-13;1-2-4-5-3-1;;;/h9,12-13H,11H2,1-8H3;2-9H,1H3;1-3H,4H2;2*1H;/q;;;;;+2/p-2. The van der Waals surface area contributed by atoms with Gasteiger partial charge in [-0.1, -0.05) is 0 Å². The van der Waals surface area contributed by atoms with Crippen LogP contribution in [0.1, 0.15) is 98.0 Å². The van der Waals surface area contributed by atoms with Crippen molar-refractivity contribution in [3.8, 4) is 11.1 Å². The molecule has 2 aliphatic carbocycles. The third-order valence-corrected chi connectivity index (χ3v) is 17.8. The largest absolute Gasteiger partial charge is 1.00 e. The van der Waals surface area contributed by atoms with Crippen LogP contribution in [0.2, 0.25) is 5.02 Å². The number of fused-ring (bicyclic) bond motifs is 3. The fourth-order valence-electron chi connectivity index (χ4n) is 7.41. The van der Waals surface area contributed by atoms with Crippen LogP contribution < -0.4 is 28.1 Å². The van der Waals surface area contributed by atoms with Gasteiger partial charge < -0.3 is 24.8 Å². The van der Waals surface area contributed by atoms with Crippen molar-refractivity contribution in [3.63, 3.8) is 0 Å². The van der Waals surface area contributed by atoms with Crippen LogP contribution >= 0.6 is 11.6 Å². The monoisotopic (exact) mass is 744 g/mol. The summed E-state index contributed by atoms with van der Waals surface area (Å²) in [6.45, 7) is 21.1. The second-order valence-corrected chi connectivity index (χ2v) is 21.2. The molecule has 0 heterocycles. The Hall–Kier alpha value is -2.02. The molecule has 0 saturated heterocycles. The van der Waals surface area contributed by atoms with Gasteiger partial charge >= 0.3 is 280 Å². The Morgan fingerprint density at radius 1 is 0.717 bits per heavy atom. The molecule has 46 heavy (non-hydrogen) atoms. The van der Waals surface area contributed by atoms with Gasteiger partial charge in [-0.15, -0.1) is 0 Å². The molecule has 0 bridgehead atoms. The van der Waals surface area contributed by atoms with Crippen LogP contribution in [-0.4, -0.2) is 3.21 Å². The fourth-order valence-corrected chi connectivity index (χ4v) is 15.9. The normalized spacial score (nSPS) is 13.8. The molecule has 0 radical (unpaired) electrons. The van der Waals surface area contributed by atoms with Crippen molar-refractivity contribution >= 4 is 18.1 Å². The van der Waals surface area contributed by atoms with Gasteiger partial charge in [-0.25, -0.2) is 0 Å². The molecule has 0 nitrogen and oxygen atoms in total. The summed E-state index contributed by atoms with van der Waals surface area (Å²) in [6, 6.07) is 25.5. The molecule has 6 rings (SSSR count). The number of hydrogen-bond donors (Lipinski definition) is 0. The predicted molar refractivity (Wildman–Crippen MR) is 189 cm³/mol. The maximum atomic E-state index is 6.47. The van der Waals surface area contributed by atoms with Gasteiger partial charge in [0.1, 0.15) is 0 Å². The Kier molecular flexibility index (Phi) is 11.1. The summed E-state index contributed by atoms with van der Waals surface area (Å²) in [6.07, 6.45) is 9.18. The molecule has 4 heteroatoms. The first-order chi connectivity index (χ1) is 20.7. The summed E-state index contributed by atoms with van der Waals surface area (Å²) >= 11 is 3.67. The molecule has 0 N–H and O–H groups in total. The summed E-state index contributed by atoms with van der Waals surface area (Å²) in [5.74, 6) is 0. The van der Waals surface area contributed by atoms with E-state index in [0.717, 1.165) is 17.9 Å². The molecule has 0 unspecified atom stereocenters. The number of aryl methyl sites for hydroxylation is 2. The molecule has 0 spiro atoms. The SMILES string of the molecule is Cc1ccc(/[C](c2ccc(Cl)cc2)=[Zr+2](\[C]2=CC=CC2)[c]2c(C)c(C(C)(C)C)cc3c2Cc2cc(C)c(C(C)(C)C)cc2-3)cc1.[Cl-].[Cl-]. The zero-order valence-electron chi connectivity index (χ0n) is 28.6. The molecule has 0 atom stereocenters. The van der Waals surface area contributed by atoms with Crippen LogP contribution in [0.5, 0.6) is 0 Å². The number of rotatable bonds is 4. The first-order valence-electron chi connectivity index (χ1n) is 16.0. The van der Waals surface area contributed by atoms with Gasteiger partial charge in [-0.05, 0) is 0 Å². The fraction of sp³-hybridized carbons (Fsp3) is 0.310. The van der Waals surface area contributed by atoms with E-state index in [2.05, 4.69) is 147 Å². The van der Waals surface area contributed by atoms with Crippen LogP contribution in [0.4, 0.5) is 0 Å². The summed E-state index contributed by atoms with van der Waals surface area (Å²) < 4.78 is 4.89. The Labute approximate surface area is 302 Å². The number of hydrogen-bond acceptors (Lipinski definition) is 0. The van der Waals surface area contributed by atoms with Crippen LogP contribution in [0, 0.1) is 20.8 Å². The van der Waals surface area contributed by atoms with E-state index in [4.69, 9.17) is 11.6 Å². The van der Waals surface area contributed by atoms with Gasteiger partial charge in [-0.2, -0.15) is 0 Å². The maximum Gasteiger partial charge on any atom is -1.00 e. The Balaban J connectivity index is 0.00000240. The van der Waals surface area contributed by atoms with E-state index in [1.54, 1.807) is 15.3 Å². The minimum absolute atomic E-state index is 0. The van der Waals surface area contributed by atoms with Gasteiger partial charge in [0.25, 0.3) is 0 Å². The van der Waals surface area contributed by atoms with E-state index in [1.807, 2.05) is 0 Å². The Bertz CT molecular complexity index is 1830. The quantitative estimate of drug-likeness (QED) is 0.248. The zero-order chi connectivity index (χ0) is 31.6. The van der Waals surface area contributed by atoms with Gasteiger partial charge in [-0.3, -0.25) is 0 Å². The number of allylic oxidation sites excluding steroid dienone is 4. The summed E-state index contributed by atoms with van der Waals surface area (Å²) in [7, 11) is 0. The summed E-state index contributed by atoms with van der Waals surface area (Å²) in [5.41, 5.74) is 16.0. The van der Waals surface area contributed by atoms with Gasteiger partial charge in [0.2, 0.25) is 0 Å². The Morgan fingerprint density at radius 2 is 1.28 bits per heavy atom. The summed E-state index contributed by atoms with van der Waals surface area (Å²) in [5, 5.41) is 0.788. The van der Waals surface area contributed by atoms with E-state index >= 15 is 0 Å². The predicted octanol–water partition coefficient (Wildman–Crippen LogP) is 4.80. The first-order valence-corrected chi connectivity index (χ1v) is 20.1. The maximum absolute atomic E-state index is 6.47. The Morgan fingerprint density at radius 3 is 1.83 bits per heavy atom. The molecular formula is C42H45Cl3Zr. The molecular weight excluding hydrogens is 702 g/mol. The third-order valence-electron chi connectivity index (χ3n) is 9.48. The van der Waals surface area contributed by atoms with Gasteiger partial charge in [0, 0.05) is 0 Å². The number of halogens is 3. The molecule has 2 aliphatic rings. The second kappa shape index (κ2) is 13.8. The number of benzene rings is 4. The molecule has 0 fully saturated rings. The molecule has 0 saturated carbocycles. The van der Waals surface area contributed by atoms with Gasteiger partial charge in [0.15, 0.2) is 0 Å². The van der Waals surface area contributed by atoms with E-state index in [1.165, 1.54) is 55.6 Å². The van der Waals surface area contributed by atoms with Crippen molar-refractivity contribution in [1.29, 1.82) is 0 Å². The minimum Gasteiger partial charge on any atom is -1.00 e. The third kappa shape index (κ3) is 6.91. The zero-order valence-corrected chi connectivity index (χ0v) is 33.4. The molecule has 4 aromatic rings. The van der Waals surface area contributed by atoms with Crippen molar-refractivity contribution in [3.05, 3.63) is 143 Å². The van der Waals surface area contributed by atoms with Gasteiger partial charge in [0.05, 0.1) is 0 Å². The summed E-state index contributed by atoms with van der Waals surface area (Å²) in [4.78, 5) is 0. The molecule has 0 aliphatic heterocycles. The van der Waals surface area contributed by atoms with Crippen molar-refractivity contribution < 1.29 is 46.1 Å². The average Bonchev–Trinajstić information content (AvgIpc) is 3.59. The van der Waals surface area contributed by atoms with E-state index in [9.17, 15) is 0 Å². The van der Waals surface area contributed by atoms with Crippen LogP contribution in [0.25, 0.3) is 11.1 Å².